The molecule has 1 aliphatic rings. The van der Waals surface area contributed by atoms with Gasteiger partial charge in [-0.2, -0.15) is 4.31 Å². The normalized spacial score (nSPS) is 19.1. The second kappa shape index (κ2) is 4.49. The van der Waals surface area contributed by atoms with E-state index in [0.717, 1.165) is 17.1 Å². The van der Waals surface area contributed by atoms with Crippen LogP contribution in [-0.4, -0.2) is 42.6 Å². The van der Waals surface area contributed by atoms with Gasteiger partial charge >= 0.3 is 5.97 Å². The zero-order chi connectivity index (χ0) is 11.6. The van der Waals surface area contributed by atoms with Gasteiger partial charge in [0, 0.05) is 7.05 Å². The number of aliphatic carboxylic acids is 1. The quantitative estimate of drug-likeness (QED) is 0.728. The van der Waals surface area contributed by atoms with Crippen LogP contribution in [0.5, 0.6) is 0 Å². The zero-order valence-corrected chi connectivity index (χ0v) is 9.83. The Balaban J connectivity index is 2.54. The van der Waals surface area contributed by atoms with Gasteiger partial charge in [0.05, 0.1) is 5.75 Å². The molecule has 1 atom stereocenters. The van der Waals surface area contributed by atoms with Crippen LogP contribution < -0.4 is 0 Å². The van der Waals surface area contributed by atoms with Crippen LogP contribution >= 0.6 is 0 Å². The van der Waals surface area contributed by atoms with Gasteiger partial charge in [-0.05, 0) is 19.3 Å². The maximum atomic E-state index is 11.7. The number of rotatable bonds is 6. The minimum atomic E-state index is -3.41. The van der Waals surface area contributed by atoms with Crippen LogP contribution in [0.3, 0.4) is 0 Å². The van der Waals surface area contributed by atoms with Crippen LogP contribution in [0.2, 0.25) is 0 Å². The Kier molecular flexibility index (Phi) is 3.72. The summed E-state index contributed by atoms with van der Waals surface area (Å²) >= 11 is 0. The summed E-state index contributed by atoms with van der Waals surface area (Å²) in [6.07, 6.45) is 2.86. The molecule has 6 heteroatoms. The van der Waals surface area contributed by atoms with E-state index in [-0.39, 0.29) is 5.75 Å². The fourth-order valence-corrected chi connectivity index (χ4v) is 2.75. The predicted molar refractivity (Wildman–Crippen MR) is 56.0 cm³/mol. The summed E-state index contributed by atoms with van der Waals surface area (Å²) in [4.78, 5) is 10.6. The van der Waals surface area contributed by atoms with Crippen molar-refractivity contribution in [3.63, 3.8) is 0 Å². The molecule has 0 bridgehead atoms. The van der Waals surface area contributed by atoms with Crippen LogP contribution in [0.25, 0.3) is 0 Å². The molecule has 1 N–H and O–H groups in total. The van der Waals surface area contributed by atoms with Crippen LogP contribution in [0, 0.1) is 5.92 Å². The predicted octanol–water partition coefficient (Wildman–Crippen LogP) is 0.521. The van der Waals surface area contributed by atoms with Crippen LogP contribution in [0.15, 0.2) is 0 Å². The summed E-state index contributed by atoms with van der Waals surface area (Å²) in [6, 6.07) is -0.991. The number of nitrogens with zero attached hydrogens (tertiary/aromatic N) is 1. The highest BCUT2D eigenvalue weighted by Gasteiger charge is 2.30. The lowest BCUT2D eigenvalue weighted by molar-refractivity contribution is -0.140. The van der Waals surface area contributed by atoms with E-state index in [0.29, 0.717) is 12.3 Å². The molecule has 0 heterocycles. The topological polar surface area (TPSA) is 74.7 Å². The molecule has 1 rings (SSSR count). The van der Waals surface area contributed by atoms with E-state index in [4.69, 9.17) is 5.11 Å². The Morgan fingerprint density at radius 1 is 1.53 bits per heavy atom. The van der Waals surface area contributed by atoms with Crippen molar-refractivity contribution in [1.29, 1.82) is 0 Å². The van der Waals surface area contributed by atoms with Crippen molar-refractivity contribution >= 4 is 16.0 Å². The average Bonchev–Trinajstić information content (AvgIpc) is 2.95. The Bertz CT molecular complexity index is 334. The maximum Gasteiger partial charge on any atom is 0.321 e. The van der Waals surface area contributed by atoms with Crippen LogP contribution in [0.4, 0.5) is 0 Å². The van der Waals surface area contributed by atoms with Gasteiger partial charge < -0.3 is 5.11 Å². The summed E-state index contributed by atoms with van der Waals surface area (Å²) < 4.78 is 24.3. The first kappa shape index (κ1) is 12.4. The van der Waals surface area contributed by atoms with Gasteiger partial charge in [-0.15, -0.1) is 0 Å². The molecule has 1 fully saturated rings. The maximum absolute atomic E-state index is 11.7. The largest absolute Gasteiger partial charge is 0.480 e. The number of carbonyl (C=O) groups is 1. The number of likely N-dealkylation sites (N-methyl/N-ethyl adjacent to an activating group) is 1. The van der Waals surface area contributed by atoms with Crippen LogP contribution in [0.1, 0.15) is 26.2 Å². The van der Waals surface area contributed by atoms with E-state index in [1.54, 1.807) is 0 Å². The number of hydrogen-bond acceptors (Lipinski definition) is 3. The van der Waals surface area contributed by atoms with E-state index in [9.17, 15) is 13.2 Å². The molecule has 0 saturated heterocycles. The summed E-state index contributed by atoms with van der Waals surface area (Å²) in [5, 5.41) is 8.70. The Labute approximate surface area is 90.1 Å². The lowest BCUT2D eigenvalue weighted by atomic mass is 10.3. The molecular weight excluding hydrogens is 218 g/mol. The Hall–Kier alpha value is -0.620. The molecule has 0 amide bonds. The summed E-state index contributed by atoms with van der Waals surface area (Å²) in [7, 11) is -2.09. The fourth-order valence-electron chi connectivity index (χ4n) is 1.26. The average molecular weight is 235 g/mol. The first-order valence-corrected chi connectivity index (χ1v) is 6.64. The van der Waals surface area contributed by atoms with Crippen LogP contribution in [-0.2, 0) is 14.8 Å². The second-order valence-corrected chi connectivity index (χ2v) is 6.23. The van der Waals surface area contributed by atoms with Gasteiger partial charge in [-0.1, -0.05) is 12.8 Å². The lowest BCUT2D eigenvalue weighted by Gasteiger charge is -2.20. The first-order valence-electron chi connectivity index (χ1n) is 5.03. The highest BCUT2D eigenvalue weighted by molar-refractivity contribution is 7.89. The van der Waals surface area contributed by atoms with Crippen molar-refractivity contribution in [1.82, 2.24) is 4.31 Å². The third kappa shape index (κ3) is 3.46. The van der Waals surface area contributed by atoms with Gasteiger partial charge in [-0.3, -0.25) is 4.79 Å². The van der Waals surface area contributed by atoms with Gasteiger partial charge in [0.1, 0.15) is 6.04 Å². The minimum absolute atomic E-state index is 0.0613. The number of sulfonamides is 1. The van der Waals surface area contributed by atoms with Crippen molar-refractivity contribution < 1.29 is 18.3 Å². The molecular formula is C9H17NO4S. The first-order chi connectivity index (χ1) is 6.84. The third-order valence-corrected chi connectivity index (χ3v) is 4.77. The molecule has 0 aliphatic heterocycles. The number of hydrogen-bond donors (Lipinski definition) is 1. The van der Waals surface area contributed by atoms with Gasteiger partial charge in [0.15, 0.2) is 0 Å². The highest BCUT2D eigenvalue weighted by Crippen LogP contribution is 2.32. The smallest absolute Gasteiger partial charge is 0.321 e. The molecule has 0 aromatic heterocycles. The van der Waals surface area contributed by atoms with E-state index in [1.807, 2.05) is 0 Å². The van der Waals surface area contributed by atoms with Crippen molar-refractivity contribution in [2.45, 2.75) is 32.2 Å². The molecule has 0 radical (unpaired) electrons. The van der Waals surface area contributed by atoms with Crippen molar-refractivity contribution in [2.75, 3.05) is 12.8 Å². The SMILES string of the molecule is CC(C(=O)O)N(C)S(=O)(=O)CCC1CC1. The molecule has 0 aromatic rings. The highest BCUT2D eigenvalue weighted by atomic mass is 32.2. The van der Waals surface area contributed by atoms with Gasteiger partial charge in [0.25, 0.3) is 0 Å². The molecule has 0 aromatic carbocycles. The minimum Gasteiger partial charge on any atom is -0.480 e. The summed E-state index contributed by atoms with van der Waals surface area (Å²) in [6.45, 7) is 1.37. The van der Waals surface area contributed by atoms with Crippen molar-refractivity contribution in [3.8, 4) is 0 Å². The molecule has 1 saturated carbocycles. The monoisotopic (exact) mass is 235 g/mol. The van der Waals surface area contributed by atoms with Gasteiger partial charge in [0.2, 0.25) is 10.0 Å². The zero-order valence-electron chi connectivity index (χ0n) is 9.01. The van der Waals surface area contributed by atoms with E-state index >= 15 is 0 Å². The van der Waals surface area contributed by atoms with Crippen molar-refractivity contribution in [2.24, 2.45) is 5.92 Å². The number of carboxylic acids is 1. The summed E-state index contributed by atoms with van der Waals surface area (Å²) in [5.41, 5.74) is 0. The molecule has 15 heavy (non-hydrogen) atoms. The van der Waals surface area contributed by atoms with E-state index in [1.165, 1.54) is 14.0 Å². The van der Waals surface area contributed by atoms with E-state index in [2.05, 4.69) is 0 Å². The fraction of sp³-hybridized carbons (Fsp3) is 0.889. The molecule has 0 spiro atoms. The third-order valence-electron chi connectivity index (χ3n) is 2.82. The Morgan fingerprint density at radius 3 is 2.47 bits per heavy atom. The second-order valence-electron chi connectivity index (χ2n) is 4.08. The Morgan fingerprint density at radius 2 is 2.07 bits per heavy atom. The van der Waals surface area contributed by atoms with Crippen molar-refractivity contribution in [3.05, 3.63) is 0 Å². The lowest BCUT2D eigenvalue weighted by Crippen LogP contribution is -2.41. The summed E-state index contributed by atoms with van der Waals surface area (Å²) in [5.74, 6) is -0.521. The van der Waals surface area contributed by atoms with Gasteiger partial charge in [-0.25, -0.2) is 8.42 Å². The molecule has 1 unspecified atom stereocenters. The van der Waals surface area contributed by atoms with E-state index < -0.39 is 22.0 Å². The molecule has 88 valence electrons. The molecule has 1 aliphatic carbocycles. The molecule has 5 nitrogen and oxygen atoms in total. The standard InChI is InChI=1S/C9H17NO4S/c1-7(9(11)12)10(2)15(13,14)6-5-8-3-4-8/h7-8H,3-6H2,1-2H3,(H,11,12). The number of carboxylic acid groups (broad SMARTS) is 1.